The lowest BCUT2D eigenvalue weighted by Crippen LogP contribution is -2.44. The van der Waals surface area contributed by atoms with Crippen molar-refractivity contribution in [3.63, 3.8) is 0 Å². The number of benzene rings is 1. The van der Waals surface area contributed by atoms with Crippen LogP contribution in [0.4, 0.5) is 9.59 Å². The molecule has 11 heteroatoms. The predicted molar refractivity (Wildman–Crippen MR) is 134 cm³/mol. The SMILES string of the molecule is CC(C)(C)OC(=O)N1CCC(C(=O)O)CC1.CC(C)(C)OC(=O)NC(Cc1ccc(Cl)cc1)C(=O)O. The molecule has 0 aromatic heterocycles. The lowest BCUT2D eigenvalue weighted by molar-refractivity contribution is -0.143. The van der Waals surface area contributed by atoms with Gasteiger partial charge in [0.25, 0.3) is 0 Å². The van der Waals surface area contributed by atoms with Crippen LogP contribution >= 0.6 is 11.6 Å². The minimum absolute atomic E-state index is 0.158. The first-order valence-electron chi connectivity index (χ1n) is 11.6. The first kappa shape index (κ1) is 31.0. The second-order valence-corrected chi connectivity index (χ2v) is 10.9. The van der Waals surface area contributed by atoms with Crippen LogP contribution in [0.2, 0.25) is 5.02 Å². The van der Waals surface area contributed by atoms with Gasteiger partial charge < -0.3 is 29.9 Å². The Morgan fingerprint density at radius 3 is 1.89 bits per heavy atom. The van der Waals surface area contributed by atoms with Crippen LogP contribution in [0.1, 0.15) is 59.9 Å². The van der Waals surface area contributed by atoms with Gasteiger partial charge in [-0.1, -0.05) is 23.7 Å². The van der Waals surface area contributed by atoms with Crippen molar-refractivity contribution in [1.29, 1.82) is 0 Å². The number of alkyl carbamates (subject to hydrolysis) is 1. The zero-order valence-corrected chi connectivity index (χ0v) is 22.4. The summed E-state index contributed by atoms with van der Waals surface area (Å²) in [6.45, 7) is 11.5. The second-order valence-electron chi connectivity index (χ2n) is 10.4. The maximum atomic E-state index is 11.6. The highest BCUT2D eigenvalue weighted by molar-refractivity contribution is 6.30. The Labute approximate surface area is 216 Å². The Morgan fingerprint density at radius 2 is 1.47 bits per heavy atom. The standard InChI is InChI=1S/C14H18ClNO4.C11H19NO4/c1-14(2,3)20-13(19)16-11(12(17)18)8-9-4-6-10(15)7-5-9;1-11(2,3)16-10(15)12-6-4-8(5-7-12)9(13)14/h4-7,11H,8H2,1-3H3,(H,16,19)(H,17,18);8H,4-7H2,1-3H3,(H,13,14). The fourth-order valence-electron chi connectivity index (χ4n) is 3.14. The molecule has 0 aliphatic carbocycles. The predicted octanol–water partition coefficient (Wildman–Crippen LogP) is 4.58. The number of nitrogens with zero attached hydrogens (tertiary/aromatic N) is 1. The summed E-state index contributed by atoms with van der Waals surface area (Å²) in [4.78, 5) is 46.7. The molecular weight excluding hydrogens is 492 g/mol. The Hall–Kier alpha value is -3.01. The number of hydrogen-bond donors (Lipinski definition) is 3. The number of ether oxygens (including phenoxy) is 2. The second kappa shape index (κ2) is 13.3. The van der Waals surface area contributed by atoms with E-state index in [1.54, 1.807) is 49.9 Å². The van der Waals surface area contributed by atoms with Gasteiger partial charge >= 0.3 is 24.1 Å². The van der Waals surface area contributed by atoms with Crippen molar-refractivity contribution in [2.45, 2.75) is 78.0 Å². The van der Waals surface area contributed by atoms with Crippen molar-refractivity contribution in [2.24, 2.45) is 5.92 Å². The van der Waals surface area contributed by atoms with Crippen LogP contribution in [-0.4, -0.2) is 69.6 Å². The third-order valence-corrected chi connectivity index (χ3v) is 5.09. The molecule has 1 aromatic rings. The molecule has 36 heavy (non-hydrogen) atoms. The molecule has 3 N–H and O–H groups in total. The fourth-order valence-corrected chi connectivity index (χ4v) is 3.27. The van der Waals surface area contributed by atoms with Crippen LogP contribution in [0, 0.1) is 5.92 Å². The molecule has 0 bridgehead atoms. The molecular formula is C25H37ClN2O8. The molecule has 2 rings (SSSR count). The van der Waals surface area contributed by atoms with E-state index in [1.165, 1.54) is 0 Å². The van der Waals surface area contributed by atoms with Crippen molar-refractivity contribution in [3.8, 4) is 0 Å². The summed E-state index contributed by atoms with van der Waals surface area (Å²) >= 11 is 5.76. The molecule has 1 atom stereocenters. The van der Waals surface area contributed by atoms with E-state index in [1.807, 2.05) is 20.8 Å². The van der Waals surface area contributed by atoms with E-state index in [9.17, 15) is 19.2 Å². The molecule has 1 saturated heterocycles. The maximum Gasteiger partial charge on any atom is 0.410 e. The number of rotatable bonds is 5. The average Bonchev–Trinajstić information content (AvgIpc) is 2.72. The monoisotopic (exact) mass is 528 g/mol. The van der Waals surface area contributed by atoms with Gasteiger partial charge in [-0.15, -0.1) is 0 Å². The lowest BCUT2D eigenvalue weighted by Gasteiger charge is -2.32. The van der Waals surface area contributed by atoms with E-state index in [-0.39, 0.29) is 18.4 Å². The van der Waals surface area contributed by atoms with Gasteiger partial charge in [0.05, 0.1) is 5.92 Å². The number of nitrogens with one attached hydrogen (secondary N) is 1. The highest BCUT2D eigenvalue weighted by atomic mass is 35.5. The molecule has 1 heterocycles. The van der Waals surface area contributed by atoms with Crippen LogP contribution in [0.3, 0.4) is 0 Å². The Bertz CT molecular complexity index is 898. The first-order chi connectivity index (χ1) is 16.5. The third kappa shape index (κ3) is 12.6. The van der Waals surface area contributed by atoms with Gasteiger partial charge in [-0.3, -0.25) is 4.79 Å². The van der Waals surface area contributed by atoms with E-state index in [2.05, 4.69) is 5.32 Å². The number of carboxylic acids is 2. The minimum atomic E-state index is -1.12. The molecule has 1 aliphatic heterocycles. The van der Waals surface area contributed by atoms with Gasteiger partial charge in [0, 0.05) is 24.5 Å². The van der Waals surface area contributed by atoms with Gasteiger partial charge in [-0.2, -0.15) is 0 Å². The zero-order valence-electron chi connectivity index (χ0n) is 21.7. The number of likely N-dealkylation sites (tertiary alicyclic amines) is 1. The van der Waals surface area contributed by atoms with E-state index in [0.29, 0.717) is 31.0 Å². The number of carbonyl (C=O) groups is 4. The Morgan fingerprint density at radius 1 is 0.972 bits per heavy atom. The number of hydrogen-bond acceptors (Lipinski definition) is 6. The van der Waals surface area contributed by atoms with E-state index in [4.69, 9.17) is 31.3 Å². The van der Waals surface area contributed by atoms with E-state index in [0.717, 1.165) is 5.56 Å². The van der Waals surface area contributed by atoms with Gasteiger partial charge in [-0.05, 0) is 72.1 Å². The van der Waals surface area contributed by atoms with Crippen LogP contribution in [0.5, 0.6) is 0 Å². The molecule has 1 fully saturated rings. The number of halogens is 1. The maximum absolute atomic E-state index is 11.6. The minimum Gasteiger partial charge on any atom is -0.481 e. The summed E-state index contributed by atoms with van der Waals surface area (Å²) in [7, 11) is 0. The molecule has 202 valence electrons. The largest absolute Gasteiger partial charge is 0.481 e. The van der Waals surface area contributed by atoms with Crippen LogP contribution in [-0.2, 0) is 25.5 Å². The molecule has 2 amide bonds. The quantitative estimate of drug-likeness (QED) is 0.504. The van der Waals surface area contributed by atoms with Crippen molar-refractivity contribution in [2.75, 3.05) is 13.1 Å². The van der Waals surface area contributed by atoms with Crippen molar-refractivity contribution >= 4 is 35.7 Å². The summed E-state index contributed by atoms with van der Waals surface area (Å²) in [6, 6.07) is 5.72. The van der Waals surface area contributed by atoms with Crippen molar-refractivity contribution < 1.29 is 38.9 Å². The molecule has 10 nitrogen and oxygen atoms in total. The smallest absolute Gasteiger partial charge is 0.410 e. The van der Waals surface area contributed by atoms with Gasteiger partial charge in [0.15, 0.2) is 0 Å². The number of amides is 2. The summed E-state index contributed by atoms with van der Waals surface area (Å²) < 4.78 is 10.3. The Kier molecular flexibility index (Phi) is 11.5. The molecule has 0 spiro atoms. The number of aliphatic carboxylic acids is 2. The number of piperidine rings is 1. The van der Waals surface area contributed by atoms with Crippen molar-refractivity contribution in [1.82, 2.24) is 10.2 Å². The molecule has 1 aliphatic rings. The van der Waals surface area contributed by atoms with E-state index >= 15 is 0 Å². The zero-order chi connectivity index (χ0) is 27.7. The molecule has 1 unspecified atom stereocenters. The summed E-state index contributed by atoms with van der Waals surface area (Å²) in [5.74, 6) is -2.21. The fraction of sp³-hybridized carbons (Fsp3) is 0.600. The highest BCUT2D eigenvalue weighted by Gasteiger charge is 2.29. The highest BCUT2D eigenvalue weighted by Crippen LogP contribution is 2.19. The normalized spacial score (nSPS) is 15.1. The van der Waals surface area contributed by atoms with Gasteiger partial charge in [0.2, 0.25) is 0 Å². The topological polar surface area (TPSA) is 142 Å². The Balaban J connectivity index is 0.000000369. The van der Waals surface area contributed by atoms with Crippen LogP contribution in [0.15, 0.2) is 24.3 Å². The van der Waals surface area contributed by atoms with Gasteiger partial charge in [-0.25, -0.2) is 14.4 Å². The van der Waals surface area contributed by atoms with Crippen molar-refractivity contribution in [3.05, 3.63) is 34.9 Å². The summed E-state index contributed by atoms with van der Waals surface area (Å²) in [6.07, 6.45) is 0.0738. The van der Waals surface area contributed by atoms with Crippen LogP contribution < -0.4 is 5.32 Å². The lowest BCUT2D eigenvalue weighted by atomic mass is 9.97. The van der Waals surface area contributed by atoms with Gasteiger partial charge in [0.1, 0.15) is 17.2 Å². The molecule has 0 saturated carbocycles. The van der Waals surface area contributed by atoms with Crippen LogP contribution in [0.25, 0.3) is 0 Å². The first-order valence-corrected chi connectivity index (χ1v) is 12.0. The average molecular weight is 529 g/mol. The third-order valence-electron chi connectivity index (χ3n) is 4.84. The van der Waals surface area contributed by atoms with E-state index < -0.39 is 35.3 Å². The molecule has 0 radical (unpaired) electrons. The summed E-state index contributed by atoms with van der Waals surface area (Å²) in [5, 5.41) is 20.9. The number of carbonyl (C=O) groups excluding carboxylic acids is 2. The number of carboxylic acid groups (broad SMARTS) is 2. The summed E-state index contributed by atoms with van der Waals surface area (Å²) in [5.41, 5.74) is -0.411. The molecule has 1 aromatic carbocycles.